The molecule has 2 aromatic heterocycles. The van der Waals surface area contributed by atoms with Gasteiger partial charge in [-0.1, -0.05) is 16.8 Å². The predicted molar refractivity (Wildman–Crippen MR) is 101 cm³/mol. The van der Waals surface area contributed by atoms with Crippen molar-refractivity contribution in [3.8, 4) is 0 Å². The zero-order chi connectivity index (χ0) is 18.3. The highest BCUT2D eigenvalue weighted by Crippen LogP contribution is 2.34. The molecule has 1 saturated heterocycles. The number of fused-ring (bicyclic) bond motifs is 3. The SMILES string of the molecule is C[C@@H]1C[C@H](n2c(C/C(N)=N\O)nc3cnc4ccc(Cl)cc4c32)CCO1. The van der Waals surface area contributed by atoms with Gasteiger partial charge >= 0.3 is 0 Å². The van der Waals surface area contributed by atoms with E-state index in [4.69, 9.17) is 32.3 Å². The minimum atomic E-state index is 0.122. The van der Waals surface area contributed by atoms with Crippen molar-refractivity contribution >= 4 is 39.4 Å². The van der Waals surface area contributed by atoms with E-state index in [-0.39, 0.29) is 24.4 Å². The maximum Gasteiger partial charge on any atom is 0.146 e. The number of amidine groups is 1. The summed E-state index contributed by atoms with van der Waals surface area (Å²) in [6, 6.07) is 5.87. The maximum atomic E-state index is 9.00. The molecule has 2 atom stereocenters. The number of oxime groups is 1. The zero-order valence-corrected chi connectivity index (χ0v) is 15.1. The van der Waals surface area contributed by atoms with E-state index in [0.717, 1.165) is 40.6 Å². The van der Waals surface area contributed by atoms with E-state index >= 15 is 0 Å². The Morgan fingerprint density at radius 3 is 3.08 bits per heavy atom. The molecule has 0 unspecified atom stereocenters. The van der Waals surface area contributed by atoms with Gasteiger partial charge in [0.15, 0.2) is 0 Å². The quantitative estimate of drug-likeness (QED) is 0.318. The molecule has 136 valence electrons. The minimum absolute atomic E-state index is 0.122. The molecule has 0 spiro atoms. The van der Waals surface area contributed by atoms with Gasteiger partial charge in [0.05, 0.1) is 29.8 Å². The van der Waals surface area contributed by atoms with Crippen LogP contribution in [0.5, 0.6) is 0 Å². The second-order valence-corrected chi connectivity index (χ2v) is 7.12. The minimum Gasteiger partial charge on any atom is -0.409 e. The van der Waals surface area contributed by atoms with Crippen LogP contribution in [0, 0.1) is 0 Å². The van der Waals surface area contributed by atoms with Crippen molar-refractivity contribution in [2.24, 2.45) is 10.9 Å². The number of imidazole rings is 1. The van der Waals surface area contributed by atoms with Crippen LogP contribution in [0.25, 0.3) is 21.9 Å². The Bertz CT molecular complexity index is 1000. The number of nitrogens with two attached hydrogens (primary N) is 1. The van der Waals surface area contributed by atoms with Gasteiger partial charge in [0.1, 0.15) is 17.2 Å². The molecule has 0 bridgehead atoms. The summed E-state index contributed by atoms with van der Waals surface area (Å²) in [5.41, 5.74) is 8.40. The van der Waals surface area contributed by atoms with Gasteiger partial charge < -0.3 is 20.2 Å². The van der Waals surface area contributed by atoms with Crippen molar-refractivity contribution < 1.29 is 9.94 Å². The van der Waals surface area contributed by atoms with E-state index in [9.17, 15) is 0 Å². The summed E-state index contributed by atoms with van der Waals surface area (Å²) in [6.07, 6.45) is 3.95. The number of nitrogens with zero attached hydrogens (tertiary/aromatic N) is 4. The fourth-order valence-electron chi connectivity index (χ4n) is 3.72. The summed E-state index contributed by atoms with van der Waals surface area (Å²) in [5, 5.41) is 13.7. The van der Waals surface area contributed by atoms with Crippen LogP contribution >= 0.6 is 11.6 Å². The average molecular weight is 374 g/mol. The van der Waals surface area contributed by atoms with Gasteiger partial charge in [-0.05, 0) is 38.0 Å². The highest BCUT2D eigenvalue weighted by Gasteiger charge is 2.26. The molecule has 1 fully saturated rings. The van der Waals surface area contributed by atoms with Crippen LogP contribution in [0.4, 0.5) is 0 Å². The Balaban J connectivity index is 1.99. The van der Waals surface area contributed by atoms with Crippen LogP contribution in [-0.4, -0.2) is 38.3 Å². The number of halogens is 1. The van der Waals surface area contributed by atoms with Crippen LogP contribution in [0.2, 0.25) is 5.02 Å². The molecule has 7 nitrogen and oxygen atoms in total. The second kappa shape index (κ2) is 6.74. The van der Waals surface area contributed by atoms with Crippen LogP contribution in [0.3, 0.4) is 0 Å². The molecule has 0 amide bonds. The third-order valence-electron chi connectivity index (χ3n) is 4.84. The Labute approximate surface area is 155 Å². The number of aromatic nitrogens is 3. The number of rotatable bonds is 3. The maximum absolute atomic E-state index is 9.00. The normalized spacial score (nSPS) is 21.5. The average Bonchev–Trinajstić information content (AvgIpc) is 2.99. The summed E-state index contributed by atoms with van der Waals surface area (Å²) in [7, 11) is 0. The van der Waals surface area contributed by atoms with E-state index in [1.165, 1.54) is 0 Å². The van der Waals surface area contributed by atoms with E-state index < -0.39 is 0 Å². The van der Waals surface area contributed by atoms with Gasteiger partial charge in [0.2, 0.25) is 0 Å². The second-order valence-electron chi connectivity index (χ2n) is 6.68. The summed E-state index contributed by atoms with van der Waals surface area (Å²) >= 11 is 6.24. The van der Waals surface area contributed by atoms with Gasteiger partial charge in [-0.15, -0.1) is 0 Å². The first kappa shape index (κ1) is 17.1. The standard InChI is InChI=1S/C18H20ClN5O2/c1-10-6-12(4-5-26-10)24-17(8-16(20)23-25)22-15-9-21-14-3-2-11(19)7-13(14)18(15)24/h2-3,7,9-10,12,25H,4-6,8H2,1H3,(H2,20,23)/t10-,12-/m1/s1. The van der Waals surface area contributed by atoms with E-state index in [2.05, 4.69) is 21.6 Å². The molecule has 8 heteroatoms. The van der Waals surface area contributed by atoms with Crippen LogP contribution in [-0.2, 0) is 11.2 Å². The van der Waals surface area contributed by atoms with E-state index in [0.29, 0.717) is 11.6 Å². The Morgan fingerprint density at radius 2 is 2.31 bits per heavy atom. The van der Waals surface area contributed by atoms with Crippen molar-refractivity contribution in [3.63, 3.8) is 0 Å². The van der Waals surface area contributed by atoms with Crippen molar-refractivity contribution in [2.45, 2.75) is 38.3 Å². The van der Waals surface area contributed by atoms with Gasteiger partial charge in [0.25, 0.3) is 0 Å². The van der Waals surface area contributed by atoms with Gasteiger partial charge in [-0.25, -0.2) is 4.98 Å². The lowest BCUT2D eigenvalue weighted by Crippen LogP contribution is -2.28. The smallest absolute Gasteiger partial charge is 0.146 e. The molecule has 1 aliphatic rings. The van der Waals surface area contributed by atoms with Crippen molar-refractivity contribution in [2.75, 3.05) is 6.61 Å². The van der Waals surface area contributed by atoms with Crippen molar-refractivity contribution in [3.05, 3.63) is 35.2 Å². The van der Waals surface area contributed by atoms with E-state index in [1.54, 1.807) is 6.20 Å². The molecular formula is C18H20ClN5O2. The number of hydrogen-bond acceptors (Lipinski definition) is 5. The summed E-state index contributed by atoms with van der Waals surface area (Å²) < 4.78 is 7.91. The Hall–Kier alpha value is -2.38. The lowest BCUT2D eigenvalue weighted by atomic mass is 10.0. The van der Waals surface area contributed by atoms with Crippen LogP contribution < -0.4 is 5.73 Å². The number of ether oxygens (including phenoxy) is 1. The molecule has 3 aromatic rings. The molecule has 0 aliphatic carbocycles. The Morgan fingerprint density at radius 1 is 1.46 bits per heavy atom. The summed E-state index contributed by atoms with van der Waals surface area (Å²) in [5.74, 6) is 0.876. The molecule has 4 rings (SSSR count). The number of hydrogen-bond donors (Lipinski definition) is 2. The highest BCUT2D eigenvalue weighted by atomic mass is 35.5. The fourth-order valence-corrected chi connectivity index (χ4v) is 3.89. The lowest BCUT2D eigenvalue weighted by Gasteiger charge is -2.30. The Kier molecular flexibility index (Phi) is 4.42. The third-order valence-corrected chi connectivity index (χ3v) is 5.08. The lowest BCUT2D eigenvalue weighted by molar-refractivity contribution is 0.00634. The highest BCUT2D eigenvalue weighted by molar-refractivity contribution is 6.31. The van der Waals surface area contributed by atoms with Gasteiger partial charge in [0, 0.05) is 23.1 Å². The fraction of sp³-hybridized carbons (Fsp3) is 0.389. The first-order valence-electron chi connectivity index (χ1n) is 8.60. The van der Waals surface area contributed by atoms with Gasteiger partial charge in [-0.2, -0.15) is 0 Å². The third kappa shape index (κ3) is 2.97. The van der Waals surface area contributed by atoms with Crippen LogP contribution in [0.15, 0.2) is 29.6 Å². The molecule has 3 N–H and O–H groups in total. The topological polar surface area (TPSA) is 98.6 Å². The molecule has 0 radical (unpaired) electrons. The molecule has 0 saturated carbocycles. The van der Waals surface area contributed by atoms with Gasteiger partial charge in [-0.3, -0.25) is 4.98 Å². The molecule has 3 heterocycles. The molecule has 1 aromatic carbocycles. The van der Waals surface area contributed by atoms with E-state index in [1.807, 2.05) is 18.2 Å². The zero-order valence-electron chi connectivity index (χ0n) is 14.4. The monoisotopic (exact) mass is 373 g/mol. The van der Waals surface area contributed by atoms with Crippen molar-refractivity contribution in [1.82, 2.24) is 14.5 Å². The number of benzene rings is 1. The first-order chi connectivity index (χ1) is 12.6. The number of pyridine rings is 1. The molecular weight excluding hydrogens is 354 g/mol. The van der Waals surface area contributed by atoms with Crippen LogP contribution in [0.1, 0.15) is 31.6 Å². The molecule has 26 heavy (non-hydrogen) atoms. The summed E-state index contributed by atoms with van der Waals surface area (Å²) in [4.78, 5) is 9.22. The largest absolute Gasteiger partial charge is 0.409 e. The summed E-state index contributed by atoms with van der Waals surface area (Å²) in [6.45, 7) is 2.77. The van der Waals surface area contributed by atoms with Crippen molar-refractivity contribution in [1.29, 1.82) is 0 Å². The predicted octanol–water partition coefficient (Wildman–Crippen LogP) is 3.27. The molecule has 1 aliphatic heterocycles. The first-order valence-corrected chi connectivity index (χ1v) is 8.97.